The summed E-state index contributed by atoms with van der Waals surface area (Å²) in [5, 5.41) is 0. The molecular formula is C11H17O5P. The highest BCUT2D eigenvalue weighted by atomic mass is 31.2. The van der Waals surface area contributed by atoms with Crippen molar-refractivity contribution in [2.45, 2.75) is 13.3 Å². The molecule has 0 bridgehead atoms. The predicted octanol–water partition coefficient (Wildman–Crippen LogP) is 2.51. The molecule has 0 aromatic carbocycles. The number of carbonyl (C=O) groups is 1. The van der Waals surface area contributed by atoms with Crippen molar-refractivity contribution >= 4 is 13.4 Å². The number of hydrogen-bond acceptors (Lipinski definition) is 5. The highest BCUT2D eigenvalue weighted by molar-refractivity contribution is 7.54. The van der Waals surface area contributed by atoms with Crippen molar-refractivity contribution in [1.82, 2.24) is 0 Å². The minimum atomic E-state index is -3.26. The lowest BCUT2D eigenvalue weighted by Gasteiger charge is -2.15. The lowest BCUT2D eigenvalue weighted by molar-refractivity contribution is -0.120. The average Bonchev–Trinajstić information content (AvgIpc) is 2.81. The maximum atomic E-state index is 11.8. The molecule has 0 spiro atoms. The molecule has 1 rings (SSSR count). The molecule has 1 aromatic heterocycles. The molecule has 0 aliphatic heterocycles. The van der Waals surface area contributed by atoms with Crippen molar-refractivity contribution in [3.63, 3.8) is 0 Å². The summed E-state index contributed by atoms with van der Waals surface area (Å²) in [5.41, 5.74) is 0. The first-order valence-corrected chi connectivity index (χ1v) is 6.99. The van der Waals surface area contributed by atoms with Crippen molar-refractivity contribution in [3.05, 3.63) is 24.2 Å². The Balaban J connectivity index is 2.55. The molecule has 96 valence electrons. The van der Waals surface area contributed by atoms with Crippen molar-refractivity contribution in [2.75, 3.05) is 20.4 Å². The summed E-state index contributed by atoms with van der Waals surface area (Å²) >= 11 is 0. The van der Waals surface area contributed by atoms with E-state index in [1.165, 1.54) is 14.2 Å². The van der Waals surface area contributed by atoms with E-state index in [1.807, 2.05) is 0 Å². The van der Waals surface area contributed by atoms with Crippen LogP contribution < -0.4 is 0 Å². The van der Waals surface area contributed by atoms with Gasteiger partial charge < -0.3 is 13.5 Å². The van der Waals surface area contributed by atoms with Gasteiger partial charge in [0.25, 0.3) is 0 Å². The SMILES string of the molecule is COP(=O)(CC(=O)[C@@H](C)Cc1ccco1)OC. The molecule has 0 N–H and O–H groups in total. The molecule has 0 aliphatic carbocycles. The Kier molecular flexibility index (Phi) is 5.12. The zero-order valence-corrected chi connectivity index (χ0v) is 11.1. The minimum Gasteiger partial charge on any atom is -0.469 e. The van der Waals surface area contributed by atoms with Gasteiger partial charge in [-0.25, -0.2) is 0 Å². The molecule has 0 aliphatic rings. The standard InChI is InChI=1S/C11H17O5P/c1-9(7-10-5-4-6-16-10)11(12)8-17(13,14-2)15-3/h4-6,9H,7-8H2,1-3H3/t9-/m0/s1. The van der Waals surface area contributed by atoms with Gasteiger partial charge >= 0.3 is 7.60 Å². The molecular weight excluding hydrogens is 243 g/mol. The van der Waals surface area contributed by atoms with Crippen LogP contribution in [0.15, 0.2) is 22.8 Å². The number of Topliss-reactive ketones (excluding diaryl/α,β-unsaturated/α-hetero) is 1. The van der Waals surface area contributed by atoms with Crippen LogP contribution in [-0.4, -0.2) is 26.2 Å². The maximum absolute atomic E-state index is 11.8. The summed E-state index contributed by atoms with van der Waals surface area (Å²) in [5.74, 6) is 0.295. The third-order valence-electron chi connectivity index (χ3n) is 2.54. The molecule has 0 saturated heterocycles. The van der Waals surface area contributed by atoms with E-state index >= 15 is 0 Å². The van der Waals surface area contributed by atoms with Gasteiger partial charge in [0, 0.05) is 26.6 Å². The Morgan fingerprint density at radius 2 is 2.12 bits per heavy atom. The second-order valence-electron chi connectivity index (χ2n) is 3.79. The highest BCUT2D eigenvalue weighted by Crippen LogP contribution is 2.46. The van der Waals surface area contributed by atoms with Crippen molar-refractivity contribution < 1.29 is 22.8 Å². The lowest BCUT2D eigenvalue weighted by atomic mass is 10.0. The topological polar surface area (TPSA) is 65.7 Å². The van der Waals surface area contributed by atoms with Gasteiger partial charge in [0.1, 0.15) is 17.7 Å². The van der Waals surface area contributed by atoms with Gasteiger partial charge in [0.05, 0.1) is 6.26 Å². The summed E-state index contributed by atoms with van der Waals surface area (Å²) in [4.78, 5) is 11.8. The summed E-state index contributed by atoms with van der Waals surface area (Å²) in [6.07, 6.45) is 1.84. The van der Waals surface area contributed by atoms with E-state index in [9.17, 15) is 9.36 Å². The summed E-state index contributed by atoms with van der Waals surface area (Å²) in [7, 11) is -0.716. The van der Waals surface area contributed by atoms with Crippen LogP contribution >= 0.6 is 7.60 Å². The molecule has 0 amide bonds. The van der Waals surface area contributed by atoms with E-state index in [0.29, 0.717) is 6.42 Å². The fraction of sp³-hybridized carbons (Fsp3) is 0.545. The number of carbonyl (C=O) groups excluding carboxylic acids is 1. The fourth-order valence-corrected chi connectivity index (χ4v) is 2.50. The van der Waals surface area contributed by atoms with Gasteiger partial charge in [-0.1, -0.05) is 6.92 Å². The molecule has 1 heterocycles. The zero-order valence-electron chi connectivity index (χ0n) is 10.2. The highest BCUT2D eigenvalue weighted by Gasteiger charge is 2.28. The van der Waals surface area contributed by atoms with E-state index < -0.39 is 7.60 Å². The van der Waals surface area contributed by atoms with Crippen molar-refractivity contribution in [2.24, 2.45) is 5.92 Å². The smallest absolute Gasteiger partial charge is 0.337 e. The van der Waals surface area contributed by atoms with Crippen LogP contribution in [0, 0.1) is 5.92 Å². The third-order valence-corrected chi connectivity index (χ3v) is 4.35. The zero-order chi connectivity index (χ0) is 12.9. The van der Waals surface area contributed by atoms with Gasteiger partial charge in [-0.2, -0.15) is 0 Å². The van der Waals surface area contributed by atoms with Crippen LogP contribution in [0.4, 0.5) is 0 Å². The first kappa shape index (κ1) is 14.2. The third kappa shape index (κ3) is 4.11. The minimum absolute atomic E-state index is 0.159. The first-order chi connectivity index (χ1) is 8.00. The molecule has 6 heteroatoms. The van der Waals surface area contributed by atoms with E-state index in [1.54, 1.807) is 25.3 Å². The van der Waals surface area contributed by atoms with Crippen LogP contribution in [0.25, 0.3) is 0 Å². The lowest BCUT2D eigenvalue weighted by Crippen LogP contribution is -2.18. The van der Waals surface area contributed by atoms with Gasteiger partial charge in [-0.05, 0) is 12.1 Å². The van der Waals surface area contributed by atoms with Gasteiger partial charge in [-0.3, -0.25) is 9.36 Å². The molecule has 0 fully saturated rings. The van der Waals surface area contributed by atoms with Gasteiger partial charge in [0.15, 0.2) is 0 Å². The van der Waals surface area contributed by atoms with Crippen LogP contribution in [0.5, 0.6) is 0 Å². The Morgan fingerprint density at radius 3 is 2.59 bits per heavy atom. The first-order valence-electron chi connectivity index (χ1n) is 5.26. The second-order valence-corrected chi connectivity index (χ2v) is 6.05. The number of hydrogen-bond donors (Lipinski definition) is 0. The van der Waals surface area contributed by atoms with E-state index in [4.69, 9.17) is 13.5 Å². The predicted molar refractivity (Wildman–Crippen MR) is 63.1 cm³/mol. The van der Waals surface area contributed by atoms with Crippen LogP contribution in [0.1, 0.15) is 12.7 Å². The van der Waals surface area contributed by atoms with Crippen LogP contribution in [0.2, 0.25) is 0 Å². The molecule has 0 unspecified atom stereocenters. The summed E-state index contributed by atoms with van der Waals surface area (Å²) in [6, 6.07) is 3.57. The summed E-state index contributed by atoms with van der Waals surface area (Å²) < 4.78 is 26.4. The average molecular weight is 260 g/mol. The summed E-state index contributed by atoms with van der Waals surface area (Å²) in [6.45, 7) is 1.76. The molecule has 0 saturated carbocycles. The van der Waals surface area contributed by atoms with E-state index in [2.05, 4.69) is 0 Å². The number of ketones is 1. The fourth-order valence-electron chi connectivity index (χ4n) is 1.39. The number of furan rings is 1. The van der Waals surface area contributed by atoms with Crippen molar-refractivity contribution in [1.29, 1.82) is 0 Å². The maximum Gasteiger partial charge on any atom is 0.337 e. The number of rotatable bonds is 7. The Hall–Kier alpha value is -0.900. The van der Waals surface area contributed by atoms with Crippen LogP contribution in [-0.2, 0) is 24.8 Å². The molecule has 5 nitrogen and oxygen atoms in total. The molecule has 1 aromatic rings. The Labute approximate surface area is 101 Å². The monoisotopic (exact) mass is 260 g/mol. The van der Waals surface area contributed by atoms with Gasteiger partial charge in [0.2, 0.25) is 0 Å². The van der Waals surface area contributed by atoms with Crippen molar-refractivity contribution in [3.8, 4) is 0 Å². The largest absolute Gasteiger partial charge is 0.469 e. The normalized spacial score (nSPS) is 13.6. The molecule has 0 radical (unpaired) electrons. The quantitative estimate of drug-likeness (QED) is 0.705. The Morgan fingerprint density at radius 1 is 1.47 bits per heavy atom. The van der Waals surface area contributed by atoms with E-state index in [-0.39, 0.29) is 17.9 Å². The second kappa shape index (κ2) is 6.15. The molecule has 1 atom stereocenters. The van der Waals surface area contributed by atoms with Crippen LogP contribution in [0.3, 0.4) is 0 Å². The van der Waals surface area contributed by atoms with E-state index in [0.717, 1.165) is 5.76 Å². The molecule has 17 heavy (non-hydrogen) atoms. The Bertz CT molecular complexity index is 390. The van der Waals surface area contributed by atoms with Gasteiger partial charge in [-0.15, -0.1) is 0 Å².